The van der Waals surface area contributed by atoms with E-state index in [1.54, 1.807) is 0 Å². The lowest BCUT2D eigenvalue weighted by atomic mass is 9.68. The normalized spacial score (nSPS) is 18.0. The highest BCUT2D eigenvalue weighted by atomic mass is 79.9. The van der Waals surface area contributed by atoms with Gasteiger partial charge in [0.25, 0.3) is 0 Å². The number of rotatable bonds is 3. The van der Waals surface area contributed by atoms with E-state index in [4.69, 9.17) is 5.73 Å². The van der Waals surface area contributed by atoms with E-state index in [0.717, 1.165) is 17.3 Å². The molecular formula is C18H27BrN2O. The van der Waals surface area contributed by atoms with Crippen LogP contribution >= 0.6 is 15.9 Å². The van der Waals surface area contributed by atoms with Crippen molar-refractivity contribution in [2.45, 2.75) is 52.9 Å². The Morgan fingerprint density at radius 2 is 1.91 bits per heavy atom. The molecule has 3 nitrogen and oxygen atoms in total. The highest BCUT2D eigenvalue weighted by Gasteiger charge is 2.38. The summed E-state index contributed by atoms with van der Waals surface area (Å²) in [6.07, 6.45) is 6.10. The van der Waals surface area contributed by atoms with Gasteiger partial charge in [-0.3, -0.25) is 4.79 Å². The zero-order chi connectivity index (χ0) is 16.3. The lowest BCUT2D eigenvalue weighted by Gasteiger charge is -2.38. The maximum absolute atomic E-state index is 12.9. The van der Waals surface area contributed by atoms with E-state index in [0.29, 0.717) is 17.3 Å². The lowest BCUT2D eigenvalue weighted by molar-refractivity contribution is -0.126. The Labute approximate surface area is 142 Å². The minimum absolute atomic E-state index is 0.0239. The minimum Gasteiger partial charge on any atom is -0.397 e. The molecule has 1 aliphatic carbocycles. The molecule has 4 heteroatoms. The molecule has 1 unspecified atom stereocenters. The molecule has 0 saturated heterocycles. The number of carbonyl (C=O) groups excluding carboxylic acids is 1. The first-order valence-corrected chi connectivity index (χ1v) is 8.94. The van der Waals surface area contributed by atoms with Crippen LogP contribution in [0, 0.1) is 17.3 Å². The van der Waals surface area contributed by atoms with Gasteiger partial charge in [0.2, 0.25) is 5.91 Å². The Balaban J connectivity index is 2.18. The van der Waals surface area contributed by atoms with Gasteiger partial charge in [0.1, 0.15) is 0 Å². The van der Waals surface area contributed by atoms with Crippen LogP contribution in [0.1, 0.15) is 52.9 Å². The predicted molar refractivity (Wildman–Crippen MR) is 96.7 cm³/mol. The van der Waals surface area contributed by atoms with Crippen LogP contribution in [-0.4, -0.2) is 5.91 Å². The van der Waals surface area contributed by atoms with Crippen molar-refractivity contribution in [3.05, 3.63) is 22.7 Å². The van der Waals surface area contributed by atoms with E-state index in [9.17, 15) is 4.79 Å². The van der Waals surface area contributed by atoms with Crippen molar-refractivity contribution in [1.29, 1.82) is 0 Å². The Morgan fingerprint density at radius 1 is 1.27 bits per heavy atom. The summed E-state index contributed by atoms with van der Waals surface area (Å²) in [6, 6.07) is 5.58. The third-order valence-electron chi connectivity index (χ3n) is 4.61. The van der Waals surface area contributed by atoms with Gasteiger partial charge in [-0.25, -0.2) is 0 Å². The molecule has 0 bridgehead atoms. The van der Waals surface area contributed by atoms with E-state index in [1.807, 2.05) is 18.2 Å². The third kappa shape index (κ3) is 4.25. The molecule has 1 amide bonds. The monoisotopic (exact) mass is 366 g/mol. The average Bonchev–Trinajstić information content (AvgIpc) is 2.42. The number of halogens is 1. The van der Waals surface area contributed by atoms with Crippen molar-refractivity contribution in [2.24, 2.45) is 17.3 Å². The Kier molecular flexibility index (Phi) is 5.54. The van der Waals surface area contributed by atoms with Crippen LogP contribution < -0.4 is 11.1 Å². The summed E-state index contributed by atoms with van der Waals surface area (Å²) in [6.45, 7) is 6.49. The van der Waals surface area contributed by atoms with Crippen LogP contribution in [0.15, 0.2) is 22.7 Å². The molecule has 0 aliphatic heterocycles. The van der Waals surface area contributed by atoms with E-state index in [-0.39, 0.29) is 17.2 Å². The molecule has 1 aromatic carbocycles. The van der Waals surface area contributed by atoms with Gasteiger partial charge in [0, 0.05) is 10.4 Å². The molecule has 0 aromatic heterocycles. The molecule has 1 fully saturated rings. The van der Waals surface area contributed by atoms with E-state index in [1.165, 1.54) is 19.3 Å². The molecule has 2 rings (SSSR count). The maximum Gasteiger partial charge on any atom is 0.228 e. The molecule has 1 aromatic rings. The van der Waals surface area contributed by atoms with Crippen molar-refractivity contribution < 1.29 is 4.79 Å². The van der Waals surface area contributed by atoms with E-state index >= 15 is 0 Å². The van der Waals surface area contributed by atoms with Gasteiger partial charge in [-0.1, -0.05) is 56.0 Å². The second kappa shape index (κ2) is 7.03. The standard InChI is InChI=1S/C18H27BrN2O/c1-18(2,3)16(12-7-5-4-6-8-12)17(22)21-15-10-9-13(19)11-14(15)20/h9-12,16H,4-8,20H2,1-3H3,(H,21,22). The topological polar surface area (TPSA) is 55.1 Å². The van der Waals surface area contributed by atoms with Gasteiger partial charge in [-0.15, -0.1) is 0 Å². The number of hydrogen-bond acceptors (Lipinski definition) is 2. The SMILES string of the molecule is CC(C)(C)C(C(=O)Nc1ccc(Br)cc1N)C1CCCCC1. The number of nitrogens with two attached hydrogens (primary N) is 1. The molecule has 1 atom stereocenters. The molecular weight excluding hydrogens is 340 g/mol. The van der Waals surface area contributed by atoms with Gasteiger partial charge in [0.05, 0.1) is 11.4 Å². The summed E-state index contributed by atoms with van der Waals surface area (Å²) in [4.78, 5) is 12.9. The average molecular weight is 367 g/mol. The van der Waals surface area contributed by atoms with E-state index in [2.05, 4.69) is 42.0 Å². The second-order valence-electron chi connectivity index (χ2n) is 7.46. The molecule has 122 valence electrons. The van der Waals surface area contributed by atoms with Crippen molar-refractivity contribution in [1.82, 2.24) is 0 Å². The zero-order valence-corrected chi connectivity index (χ0v) is 15.4. The van der Waals surface area contributed by atoms with Crippen LogP contribution in [0.2, 0.25) is 0 Å². The number of anilines is 2. The minimum atomic E-state index is -0.0454. The first kappa shape index (κ1) is 17.3. The van der Waals surface area contributed by atoms with Crippen LogP contribution in [-0.2, 0) is 4.79 Å². The molecule has 3 N–H and O–H groups in total. The summed E-state index contributed by atoms with van der Waals surface area (Å²) in [5, 5.41) is 3.06. The van der Waals surface area contributed by atoms with Crippen molar-refractivity contribution in [2.75, 3.05) is 11.1 Å². The Morgan fingerprint density at radius 3 is 2.45 bits per heavy atom. The first-order chi connectivity index (χ1) is 10.3. The predicted octanol–water partition coefficient (Wildman–Crippen LogP) is 5.21. The number of hydrogen-bond donors (Lipinski definition) is 2. The van der Waals surface area contributed by atoms with Crippen LogP contribution in [0.4, 0.5) is 11.4 Å². The quantitative estimate of drug-likeness (QED) is 0.721. The molecule has 22 heavy (non-hydrogen) atoms. The molecule has 0 radical (unpaired) electrons. The zero-order valence-electron chi connectivity index (χ0n) is 13.8. The van der Waals surface area contributed by atoms with Crippen molar-refractivity contribution >= 4 is 33.2 Å². The van der Waals surface area contributed by atoms with Gasteiger partial charge in [-0.2, -0.15) is 0 Å². The molecule has 0 spiro atoms. The number of carbonyl (C=O) groups is 1. The fraction of sp³-hybridized carbons (Fsp3) is 0.611. The van der Waals surface area contributed by atoms with Crippen LogP contribution in [0.25, 0.3) is 0 Å². The fourth-order valence-corrected chi connectivity index (χ4v) is 4.02. The second-order valence-corrected chi connectivity index (χ2v) is 8.38. The molecule has 1 saturated carbocycles. The summed E-state index contributed by atoms with van der Waals surface area (Å²) in [7, 11) is 0. The highest BCUT2D eigenvalue weighted by Crippen LogP contribution is 2.40. The number of benzene rings is 1. The summed E-state index contributed by atoms with van der Waals surface area (Å²) < 4.78 is 0.919. The summed E-state index contributed by atoms with van der Waals surface area (Å²) in [5.41, 5.74) is 7.27. The van der Waals surface area contributed by atoms with E-state index < -0.39 is 0 Å². The summed E-state index contributed by atoms with van der Waals surface area (Å²) in [5.74, 6) is 0.606. The van der Waals surface area contributed by atoms with Gasteiger partial charge in [0.15, 0.2) is 0 Å². The largest absolute Gasteiger partial charge is 0.397 e. The highest BCUT2D eigenvalue weighted by molar-refractivity contribution is 9.10. The smallest absolute Gasteiger partial charge is 0.228 e. The summed E-state index contributed by atoms with van der Waals surface area (Å²) >= 11 is 3.39. The third-order valence-corrected chi connectivity index (χ3v) is 5.10. The lowest BCUT2D eigenvalue weighted by Crippen LogP contribution is -2.39. The Bertz CT molecular complexity index is 530. The first-order valence-electron chi connectivity index (χ1n) is 8.15. The molecule has 0 heterocycles. The Hall–Kier alpha value is -1.03. The van der Waals surface area contributed by atoms with Crippen LogP contribution in [0.5, 0.6) is 0 Å². The van der Waals surface area contributed by atoms with Crippen molar-refractivity contribution in [3.63, 3.8) is 0 Å². The number of amides is 1. The molecule has 1 aliphatic rings. The maximum atomic E-state index is 12.9. The van der Waals surface area contributed by atoms with Gasteiger partial charge in [-0.05, 0) is 42.4 Å². The van der Waals surface area contributed by atoms with Gasteiger partial charge < -0.3 is 11.1 Å². The number of nitrogens with one attached hydrogen (secondary N) is 1. The fourth-order valence-electron chi connectivity index (χ4n) is 3.64. The van der Waals surface area contributed by atoms with Crippen molar-refractivity contribution in [3.8, 4) is 0 Å². The number of nitrogen functional groups attached to an aromatic ring is 1. The van der Waals surface area contributed by atoms with Gasteiger partial charge >= 0.3 is 0 Å². The van der Waals surface area contributed by atoms with Crippen LogP contribution in [0.3, 0.4) is 0 Å².